The molecule has 0 saturated heterocycles. The molecule has 0 aliphatic carbocycles. The zero-order chi connectivity index (χ0) is 14.5. The van der Waals surface area contributed by atoms with Gasteiger partial charge in [-0.3, -0.25) is 4.68 Å². The summed E-state index contributed by atoms with van der Waals surface area (Å²) in [5.74, 6) is 0. The van der Waals surface area contributed by atoms with Gasteiger partial charge < -0.3 is 5.32 Å². The molecule has 0 fully saturated rings. The lowest BCUT2D eigenvalue weighted by atomic mass is 10.1. The Morgan fingerprint density at radius 1 is 1.25 bits per heavy atom. The molecular weight excluding hydrogens is 270 g/mol. The van der Waals surface area contributed by atoms with Crippen LogP contribution < -0.4 is 5.32 Å². The number of benzene rings is 1. The molecule has 1 heterocycles. The fraction of sp³-hybridized carbons (Fsp3) is 0.438. The second kappa shape index (κ2) is 6.91. The van der Waals surface area contributed by atoms with E-state index in [2.05, 4.69) is 55.5 Å². The summed E-state index contributed by atoms with van der Waals surface area (Å²) in [7, 11) is 0. The van der Waals surface area contributed by atoms with E-state index in [1.165, 1.54) is 5.56 Å². The molecule has 2 aromatic rings. The molecule has 0 amide bonds. The molecule has 0 aliphatic heterocycles. The Morgan fingerprint density at radius 2 is 1.95 bits per heavy atom. The summed E-state index contributed by atoms with van der Waals surface area (Å²) in [6, 6.07) is 10.7. The van der Waals surface area contributed by atoms with Crippen LogP contribution in [0.15, 0.2) is 30.3 Å². The number of hydrogen-bond donors (Lipinski definition) is 1. The Balaban J connectivity index is 2.09. The van der Waals surface area contributed by atoms with E-state index in [-0.39, 0.29) is 6.04 Å². The highest BCUT2D eigenvalue weighted by Crippen LogP contribution is 2.22. The average molecular weight is 292 g/mol. The number of rotatable bonds is 6. The second-order valence-corrected chi connectivity index (χ2v) is 5.27. The van der Waals surface area contributed by atoms with Gasteiger partial charge in [-0.1, -0.05) is 48.9 Å². The molecule has 1 aromatic heterocycles. The van der Waals surface area contributed by atoms with Crippen LogP contribution in [0.3, 0.4) is 0 Å². The Kier molecular flexibility index (Phi) is 5.21. The second-order valence-electron chi connectivity index (χ2n) is 4.89. The summed E-state index contributed by atoms with van der Waals surface area (Å²) in [5, 5.41) is 8.87. The summed E-state index contributed by atoms with van der Waals surface area (Å²) in [6.45, 7) is 7.91. The summed E-state index contributed by atoms with van der Waals surface area (Å²) < 4.78 is 1.99. The molecule has 0 aliphatic rings. The quantitative estimate of drug-likeness (QED) is 0.873. The zero-order valence-corrected chi connectivity index (χ0v) is 13.1. The highest BCUT2D eigenvalue weighted by Gasteiger charge is 2.15. The Bertz CT molecular complexity index is 548. The van der Waals surface area contributed by atoms with Crippen LogP contribution in [0, 0.1) is 0 Å². The van der Waals surface area contributed by atoms with E-state index in [0.717, 1.165) is 35.9 Å². The monoisotopic (exact) mass is 291 g/mol. The van der Waals surface area contributed by atoms with Gasteiger partial charge >= 0.3 is 0 Å². The molecule has 0 unspecified atom stereocenters. The van der Waals surface area contributed by atoms with Gasteiger partial charge in [0, 0.05) is 19.1 Å². The van der Waals surface area contributed by atoms with Crippen molar-refractivity contribution < 1.29 is 0 Å². The molecule has 1 atom stereocenters. The number of halogens is 1. The van der Waals surface area contributed by atoms with E-state index in [1.54, 1.807) is 0 Å². The molecule has 0 spiro atoms. The maximum atomic E-state index is 6.41. The number of aryl methyl sites for hydroxylation is 2. The molecule has 108 valence electrons. The third kappa shape index (κ3) is 3.22. The fourth-order valence-electron chi connectivity index (χ4n) is 2.30. The lowest BCUT2D eigenvalue weighted by molar-refractivity contribution is 0.530. The van der Waals surface area contributed by atoms with E-state index in [9.17, 15) is 0 Å². The highest BCUT2D eigenvalue weighted by atomic mass is 35.5. The molecule has 1 aromatic carbocycles. The van der Waals surface area contributed by atoms with Gasteiger partial charge in [-0.05, 0) is 25.8 Å². The van der Waals surface area contributed by atoms with E-state index >= 15 is 0 Å². The number of nitrogens with zero attached hydrogens (tertiary/aromatic N) is 2. The normalized spacial score (nSPS) is 12.6. The van der Waals surface area contributed by atoms with Crippen molar-refractivity contribution in [1.82, 2.24) is 15.1 Å². The van der Waals surface area contributed by atoms with Crippen LogP contribution in [-0.2, 0) is 19.5 Å². The Labute approximate surface area is 126 Å². The Hall–Kier alpha value is -1.32. The Morgan fingerprint density at radius 3 is 2.55 bits per heavy atom. The van der Waals surface area contributed by atoms with Crippen LogP contribution in [0.25, 0.3) is 0 Å². The van der Waals surface area contributed by atoms with Crippen LogP contribution >= 0.6 is 11.6 Å². The maximum absolute atomic E-state index is 6.41. The number of hydrogen-bond acceptors (Lipinski definition) is 2. The molecule has 20 heavy (non-hydrogen) atoms. The molecule has 4 heteroatoms. The van der Waals surface area contributed by atoms with Crippen molar-refractivity contribution in [3.05, 3.63) is 52.3 Å². The van der Waals surface area contributed by atoms with Gasteiger partial charge in [0.05, 0.1) is 16.4 Å². The molecule has 0 bridgehead atoms. The number of nitrogens with one attached hydrogen (secondary N) is 1. The molecule has 3 nitrogen and oxygen atoms in total. The van der Waals surface area contributed by atoms with Crippen LogP contribution in [0.5, 0.6) is 0 Å². The van der Waals surface area contributed by atoms with E-state index < -0.39 is 0 Å². The molecule has 1 N–H and O–H groups in total. The first-order valence-electron chi connectivity index (χ1n) is 7.19. The van der Waals surface area contributed by atoms with Gasteiger partial charge in [0.25, 0.3) is 0 Å². The van der Waals surface area contributed by atoms with E-state index in [4.69, 9.17) is 11.6 Å². The van der Waals surface area contributed by atoms with Crippen LogP contribution in [0.4, 0.5) is 0 Å². The largest absolute Gasteiger partial charge is 0.305 e. The van der Waals surface area contributed by atoms with Crippen molar-refractivity contribution in [3.63, 3.8) is 0 Å². The van der Waals surface area contributed by atoms with Crippen molar-refractivity contribution in [2.45, 2.75) is 46.3 Å². The van der Waals surface area contributed by atoms with Crippen molar-refractivity contribution in [1.29, 1.82) is 0 Å². The van der Waals surface area contributed by atoms with E-state index in [1.807, 2.05) is 10.7 Å². The zero-order valence-electron chi connectivity index (χ0n) is 12.4. The van der Waals surface area contributed by atoms with Gasteiger partial charge in [0.1, 0.15) is 0 Å². The molecular formula is C16H22ClN3. The van der Waals surface area contributed by atoms with Crippen molar-refractivity contribution >= 4 is 11.6 Å². The SMILES string of the molecule is CCc1nn(CC)c(CN[C@@H](C)c2ccccc2)c1Cl. The lowest BCUT2D eigenvalue weighted by Crippen LogP contribution is -2.20. The number of aromatic nitrogens is 2. The lowest BCUT2D eigenvalue weighted by Gasteiger charge is -2.15. The smallest absolute Gasteiger partial charge is 0.0863 e. The first kappa shape index (κ1) is 15.1. The third-order valence-electron chi connectivity index (χ3n) is 3.57. The predicted octanol–water partition coefficient (Wildman–Crippen LogP) is 3.97. The summed E-state index contributed by atoms with van der Waals surface area (Å²) in [5.41, 5.74) is 3.34. The minimum atomic E-state index is 0.289. The van der Waals surface area contributed by atoms with Crippen molar-refractivity contribution in [2.24, 2.45) is 0 Å². The highest BCUT2D eigenvalue weighted by molar-refractivity contribution is 6.31. The summed E-state index contributed by atoms with van der Waals surface area (Å²) in [6.07, 6.45) is 0.868. The maximum Gasteiger partial charge on any atom is 0.0863 e. The van der Waals surface area contributed by atoms with E-state index in [0.29, 0.717) is 0 Å². The summed E-state index contributed by atoms with van der Waals surface area (Å²) >= 11 is 6.41. The minimum Gasteiger partial charge on any atom is -0.305 e. The van der Waals surface area contributed by atoms with Gasteiger partial charge in [0.2, 0.25) is 0 Å². The van der Waals surface area contributed by atoms with Gasteiger partial charge in [0.15, 0.2) is 0 Å². The standard InChI is InChI=1S/C16H22ClN3/c1-4-14-16(17)15(20(5-2)19-14)11-18-12(3)13-9-7-6-8-10-13/h6-10,12,18H,4-5,11H2,1-3H3/t12-/m0/s1. The average Bonchev–Trinajstić information content (AvgIpc) is 2.81. The fourth-order valence-corrected chi connectivity index (χ4v) is 2.63. The van der Waals surface area contributed by atoms with Crippen LogP contribution in [-0.4, -0.2) is 9.78 Å². The molecule has 2 rings (SSSR count). The summed E-state index contributed by atoms with van der Waals surface area (Å²) in [4.78, 5) is 0. The van der Waals surface area contributed by atoms with Crippen LogP contribution in [0.2, 0.25) is 5.02 Å². The molecule has 0 radical (unpaired) electrons. The van der Waals surface area contributed by atoms with Crippen molar-refractivity contribution in [2.75, 3.05) is 0 Å². The topological polar surface area (TPSA) is 29.9 Å². The van der Waals surface area contributed by atoms with Crippen molar-refractivity contribution in [3.8, 4) is 0 Å². The minimum absolute atomic E-state index is 0.289. The third-order valence-corrected chi connectivity index (χ3v) is 4.01. The van der Waals surface area contributed by atoms with Crippen LogP contribution in [0.1, 0.15) is 43.8 Å². The predicted molar refractivity (Wildman–Crippen MR) is 84.0 cm³/mol. The van der Waals surface area contributed by atoms with Gasteiger partial charge in [-0.2, -0.15) is 5.10 Å². The van der Waals surface area contributed by atoms with Gasteiger partial charge in [-0.25, -0.2) is 0 Å². The molecule has 0 saturated carbocycles. The van der Waals surface area contributed by atoms with Gasteiger partial charge in [-0.15, -0.1) is 0 Å². The first-order chi connectivity index (χ1) is 9.67. The first-order valence-corrected chi connectivity index (χ1v) is 7.57.